The molecule has 0 radical (unpaired) electrons. The third-order valence-electron chi connectivity index (χ3n) is 15.3. The molecule has 0 aromatic heterocycles. The number of methoxy groups -OCH3 is 6. The lowest BCUT2D eigenvalue weighted by molar-refractivity contribution is -0.0280. The van der Waals surface area contributed by atoms with Crippen LogP contribution in [0.2, 0.25) is 0 Å². The van der Waals surface area contributed by atoms with Crippen LogP contribution < -0.4 is 28.4 Å². The quantitative estimate of drug-likeness (QED) is 0.0249. The molecule has 672 valence electrons. The highest BCUT2D eigenvalue weighted by Gasteiger charge is 2.45. The van der Waals surface area contributed by atoms with E-state index in [0.29, 0.717) is 16.8 Å². The normalized spacial score (nSPS) is 47.4. The largest absolute Gasteiger partial charge is 0.497 e. The highest BCUT2D eigenvalue weighted by Crippen LogP contribution is 2.47. The summed E-state index contributed by atoms with van der Waals surface area (Å²) in [6.07, 6.45) is -124. The van der Waals surface area contributed by atoms with Gasteiger partial charge in [0.15, 0.2) is 0 Å². The molecule has 6 aromatic carbocycles. The number of hydrogen-bond donors (Lipinski definition) is 6. The molecule has 0 aliphatic heterocycles. The molecule has 0 spiro atoms. The van der Waals surface area contributed by atoms with Gasteiger partial charge in [-0.05, 0) is 267 Å². The number of likely N-dealkylation sites (N-methyl/N-ethyl adjacent to an activating group) is 6. The molecule has 6 unspecified atom stereocenters. The topological polar surface area (TPSA) is 196 Å². The first-order valence-electron chi connectivity index (χ1n) is 89.0. The highest BCUT2D eigenvalue weighted by molar-refractivity contribution is 5.37. The van der Waals surface area contributed by atoms with E-state index in [0.717, 1.165) is 68.7 Å². The Labute approximate surface area is 880 Å². The number of rotatable bonds is 30. The van der Waals surface area contributed by atoms with Crippen LogP contribution in [0.25, 0.3) is 0 Å². The molecular weight excluding hydrogens is 1500 g/mol. The van der Waals surface area contributed by atoms with Gasteiger partial charge < -0.3 is 88.5 Å². The van der Waals surface area contributed by atoms with Crippen LogP contribution in [-0.4, -0.2) is 260 Å². The molecule has 18 nitrogen and oxygen atoms in total. The van der Waals surface area contributed by atoms with Crippen molar-refractivity contribution in [3.05, 3.63) is 178 Å². The second-order valence-electron chi connectivity index (χ2n) is 24.5. The average molecular weight is 1780 g/mol. The van der Waals surface area contributed by atoms with Crippen LogP contribution in [0.5, 0.6) is 34.5 Å². The molecule has 0 heterocycles. The first-order chi connectivity index (χ1) is 100. The van der Waals surface area contributed by atoms with Crippen molar-refractivity contribution < 1.29 is 210 Å². The third-order valence-corrected chi connectivity index (χ3v) is 15.3. The zero-order valence-corrected chi connectivity index (χ0v) is 65.7. The zero-order valence-electron chi connectivity index (χ0n) is 176. The molecule has 18 heteroatoms. The van der Waals surface area contributed by atoms with Crippen LogP contribution in [0.4, 0.5) is 0 Å². The molecule has 6 saturated carbocycles. The van der Waals surface area contributed by atoms with E-state index in [2.05, 4.69) is 0 Å². The van der Waals surface area contributed by atoms with E-state index in [1.54, 1.807) is 0 Å². The lowest BCUT2D eigenvalue weighted by Gasteiger charge is -2.40. The molecule has 0 bridgehead atoms. The van der Waals surface area contributed by atoms with Gasteiger partial charge in [0, 0.05) is 192 Å². The number of nitrogens with zero attached hydrogens (tertiary/aromatic N) is 6. The minimum atomic E-state index is -4.71. The van der Waals surface area contributed by atoms with E-state index in [9.17, 15) is 33.4 Å². The summed E-state index contributed by atoms with van der Waals surface area (Å²) in [5.41, 5.74) is -33.5. The number of benzene rings is 6. The summed E-state index contributed by atoms with van der Waals surface area (Å²) < 4.78 is 932. The summed E-state index contributed by atoms with van der Waals surface area (Å²) in [6, 6.07) is -26.2. The SMILES string of the molecule is [2H]c1c([2H])c(C(C([2H])([2H])N(C([2H])([2H])[2H])C([2H])([2H])[2H])C2(O)C([2H])([2H])C([2H])([2H])C([2H])([2H])C([2H])([2H])C2([2H])[2H])c([2H])c([2H])c1OC.[2H]c1c([2H])c(C(C([2H])([2H])N(C)C([2H])([2H])[2H])C2(O)C([2H])([2H])C([2H])([2H])C([2H])([2H])C([2H])([2H])C2([2H])[2H])c([2H])c([2H])c1OC.[2H]c1c([2H])c(C(C([2H])([2H])N(C)C)C2(O)C([2H])([2H])C([2H])([2H])C([2H])([2H])C([2H])([2H])C2([2H])[2H])c([2H])c([2H])c1OC.[2H]c1c([2H])c(C(CN(C([2H])([2H])[2H])C([2H])([2H])[2H])C2(O)C([2H])([2H])C([2H])([2H])C([2H])([2H])C([2H])([2H])C2([2H])[2H])c([2H])c([2H])c1OC.[2H]c1c([2H])c(C([2H])(CN(C)C([2H])([2H])[2H])C2(O)C([2H])([2H])C([2H])([2H])C([2H])([2H])C([2H])([2H])C2([2H])[2H])c([2H])c([2H])c1OC.[2H]c1c([2H])c(C([2H])(CN(C)C)C2(O)C([2H])([2H])C([2H])([2H])C([2H])([2H])C([2H])([2H])C2([2H])[2H])c([2H])c([2H])c1OC. The van der Waals surface area contributed by atoms with Crippen molar-refractivity contribution in [1.82, 2.24) is 29.4 Å². The minimum absolute atomic E-state index is 0.125. The molecule has 12 rings (SSSR count). The maximum absolute atomic E-state index is 12.1. The van der Waals surface area contributed by atoms with Crippen LogP contribution in [0.1, 0.15) is 411 Å². The van der Waals surface area contributed by atoms with Gasteiger partial charge in [-0.1, -0.05) is 187 Å². The lowest BCUT2D eigenvalue weighted by atomic mass is 9.72. The number of aliphatic hydroxyl groups is 6. The van der Waals surface area contributed by atoms with Gasteiger partial charge >= 0.3 is 0 Å². The first-order valence-corrected chi connectivity index (χ1v) is 34.0. The molecule has 0 amide bonds. The fraction of sp³-hybridized carbons (Fsp3) is 0.647. The summed E-state index contributed by atoms with van der Waals surface area (Å²) >= 11 is 0. The van der Waals surface area contributed by atoms with Gasteiger partial charge in [-0.2, -0.15) is 0 Å². The third kappa shape index (κ3) is 31.1. The Morgan fingerprint density at radius 3 is 0.692 bits per heavy atom. The minimum Gasteiger partial charge on any atom is -0.497 e. The van der Waals surface area contributed by atoms with E-state index < -0.39 is 559 Å². The highest BCUT2D eigenvalue weighted by atomic mass is 16.5. The van der Waals surface area contributed by atoms with Gasteiger partial charge in [0.1, 0.15) is 34.5 Å². The molecule has 6 fully saturated rings. The fourth-order valence-electron chi connectivity index (χ4n) is 9.75. The van der Waals surface area contributed by atoms with Crippen molar-refractivity contribution in [2.24, 2.45) is 0 Å². The molecule has 6 N–H and O–H groups in total. The zero-order chi connectivity index (χ0) is 184. The molecule has 6 aromatic rings. The Hall–Kier alpha value is -6.36. The van der Waals surface area contributed by atoms with Crippen LogP contribution in [0.15, 0.2) is 145 Å². The molecule has 6 atom stereocenters. The Morgan fingerprint density at radius 2 is 0.467 bits per heavy atom. The Kier molecular flexibility index (Phi) is 11.4. The molecule has 120 heavy (non-hydrogen) atoms. The standard InChI is InChI=1S/6C17H27NO2/c6*1-18(2)13-16(17(19)11-5-4-6-12-17)14-7-9-15(20-3)10-8-14/h6*7-10,16,19H,4-6,11-13H2,1-3H3/i1D3,2D3,4D2,5D2,6D2,7D,8D,9D,10D,11D2,12D2,13D2;1D3,4D2,5D2,6D2,7D,8D,9D,10D,11D2,12D2,16D;1D3,4D2,5D2,6D2,7D,8D,9D,10D,11D2,12D2,13D2;1D3,2D3,4D2,5D2,6D2,7D,8D,9D,10D,11D2,12D2;4D2,5D2,6D2,7D,8D,9D,10D,11D2,12D2,16D;4D2,5D2,6D2,7D,8D,9D,10D,11D2,12D2,13D2. The van der Waals surface area contributed by atoms with Crippen LogP contribution >= 0.6 is 0 Å². The summed E-state index contributed by atoms with van der Waals surface area (Å²) in [4.78, 5) is 0.703. The van der Waals surface area contributed by atoms with E-state index in [4.69, 9.17) is 176 Å². The predicted octanol–water partition coefficient (Wildman–Crippen LogP) is 18.2. The molecular formula is C102H162N6O12. The van der Waals surface area contributed by atoms with Crippen molar-refractivity contribution in [3.8, 4) is 34.5 Å². The predicted molar refractivity (Wildman–Crippen MR) is 494 cm³/mol. The van der Waals surface area contributed by atoms with Gasteiger partial charge in [-0.3, -0.25) is 0 Å². The van der Waals surface area contributed by atoms with Crippen molar-refractivity contribution in [1.29, 1.82) is 0 Å². The van der Waals surface area contributed by atoms with Gasteiger partial charge in [0.25, 0.3) is 0 Å². The summed E-state index contributed by atoms with van der Waals surface area (Å²) in [7, 11) is 12.0. The summed E-state index contributed by atoms with van der Waals surface area (Å²) in [6.45, 7) is -37.5. The Bertz CT molecular complexity index is 9050. The number of hydrogen-bond acceptors (Lipinski definition) is 18. The van der Waals surface area contributed by atoms with E-state index in [-0.39, 0.29) is 9.80 Å². The van der Waals surface area contributed by atoms with E-state index in [1.165, 1.54) is 14.1 Å². The lowest BCUT2D eigenvalue weighted by Crippen LogP contribution is -2.42. The van der Waals surface area contributed by atoms with Crippen molar-refractivity contribution in [2.75, 3.05) is 166 Å². The van der Waals surface area contributed by atoms with Gasteiger partial charge in [-0.25, -0.2) is 0 Å². The second kappa shape index (κ2) is 50.0. The van der Waals surface area contributed by atoms with Crippen molar-refractivity contribution in [2.45, 2.75) is 260 Å². The smallest absolute Gasteiger partial charge is 0.118 e. The van der Waals surface area contributed by atoms with Crippen molar-refractivity contribution >= 4 is 0 Å². The van der Waals surface area contributed by atoms with Crippen LogP contribution in [0, 0.1) is 0 Å². The summed E-state index contributed by atoms with van der Waals surface area (Å²) in [5.74, 6) is -23.6. The fourth-order valence-corrected chi connectivity index (χ4v) is 9.75. The summed E-state index contributed by atoms with van der Waals surface area (Å²) in [5, 5.41) is 71.8. The average Bonchev–Trinajstić information content (AvgIpc) is 0.652. The second-order valence-corrected chi connectivity index (χ2v) is 24.5. The molecule has 6 aliphatic carbocycles. The van der Waals surface area contributed by atoms with Crippen LogP contribution in [0.3, 0.4) is 0 Å². The Balaban J connectivity index is 0.000000364. The van der Waals surface area contributed by atoms with Gasteiger partial charge in [0.2, 0.25) is 0 Å². The van der Waals surface area contributed by atoms with E-state index >= 15 is 0 Å². The molecule has 6 aliphatic rings. The van der Waals surface area contributed by atoms with Crippen LogP contribution in [-0.2, 0) is 0 Å². The maximum atomic E-state index is 12.1. The van der Waals surface area contributed by atoms with Gasteiger partial charge in [-0.15, -0.1) is 0 Å². The molecule has 0 saturated heterocycles. The number of ether oxygens (including phenoxy) is 6. The first kappa shape index (κ1) is 27.3. The Morgan fingerprint density at radius 1 is 0.267 bits per heavy atom. The monoisotopic (exact) mass is 1770 g/mol. The van der Waals surface area contributed by atoms with Crippen molar-refractivity contribution in [3.63, 3.8) is 0 Å². The maximum Gasteiger partial charge on any atom is 0.118 e. The van der Waals surface area contributed by atoms with Gasteiger partial charge in [0.05, 0.1) is 109 Å². The van der Waals surface area contributed by atoms with E-state index in [1.807, 2.05) is 0 Å².